The molecule has 0 radical (unpaired) electrons. The number of ketones is 1. The molecule has 2 heterocycles. The highest BCUT2D eigenvalue weighted by Gasteiger charge is 2.55. The molecule has 1 saturated carbocycles. The Bertz CT molecular complexity index is 1610. The van der Waals surface area contributed by atoms with Crippen LogP contribution in [0, 0.1) is 5.41 Å². The molecule has 1 spiro atoms. The molecule has 4 atom stereocenters. The molecule has 2 aliphatic heterocycles. The zero-order chi connectivity index (χ0) is 35.3. The highest BCUT2D eigenvalue weighted by Crippen LogP contribution is 2.40. The summed E-state index contributed by atoms with van der Waals surface area (Å²) in [7, 11) is 0. The standard InChI is InChI=1S/C36H44ClN5O7/c1-5-10-26(29(43)32(45)38-25-15-16-25)39-31(44)28-19-36(18-27(41-49-36)23-13-9-14-24(37)17-23)21-42(28)33(46)30(35(2,3)4)40-34(47)48-20-22-11-7-6-8-12-22/h6-9,11-14,17,25-26,28,30H,5,10,15-16,18-21H2,1-4H3,(H,38,45)(H,39,44)(H,40,47)/t26-,28-,30+,36+/m0/s1. The van der Waals surface area contributed by atoms with E-state index in [0.29, 0.717) is 17.2 Å². The molecule has 2 aromatic carbocycles. The van der Waals surface area contributed by atoms with Crippen LogP contribution in [-0.2, 0) is 35.4 Å². The Morgan fingerprint density at radius 2 is 1.80 bits per heavy atom. The van der Waals surface area contributed by atoms with Gasteiger partial charge in [-0.2, -0.15) is 0 Å². The van der Waals surface area contributed by atoms with Crippen molar-refractivity contribution in [2.45, 2.75) is 103 Å². The van der Waals surface area contributed by atoms with Gasteiger partial charge in [0, 0.05) is 29.5 Å². The second-order valence-corrected chi connectivity index (χ2v) is 14.6. The Labute approximate surface area is 291 Å². The lowest BCUT2D eigenvalue weighted by Crippen LogP contribution is -2.59. The SMILES string of the molecule is CCC[C@H](NC(=O)[C@@H]1C[C@]2(CC(c3cccc(Cl)c3)=NO2)CN1C(=O)[C@@H](NC(=O)OCc1ccccc1)C(C)(C)C)C(=O)C(=O)NC1CC1. The lowest BCUT2D eigenvalue weighted by molar-refractivity contribution is -0.144. The molecule has 2 aromatic rings. The van der Waals surface area contributed by atoms with Crippen LogP contribution in [0.15, 0.2) is 59.8 Å². The van der Waals surface area contributed by atoms with E-state index < -0.39 is 58.7 Å². The van der Waals surface area contributed by atoms with Crippen molar-refractivity contribution >= 4 is 46.9 Å². The number of oxime groups is 1. The predicted molar refractivity (Wildman–Crippen MR) is 183 cm³/mol. The van der Waals surface area contributed by atoms with Crippen molar-refractivity contribution < 1.29 is 33.5 Å². The number of halogens is 1. The van der Waals surface area contributed by atoms with Crippen LogP contribution in [0.3, 0.4) is 0 Å². The third kappa shape index (κ3) is 8.97. The van der Waals surface area contributed by atoms with Gasteiger partial charge in [0.25, 0.3) is 5.91 Å². The van der Waals surface area contributed by atoms with Crippen LogP contribution in [-0.4, -0.2) is 76.5 Å². The van der Waals surface area contributed by atoms with Gasteiger partial charge in [0.1, 0.15) is 18.7 Å². The first-order chi connectivity index (χ1) is 23.3. The summed E-state index contributed by atoms with van der Waals surface area (Å²) >= 11 is 6.23. The zero-order valence-electron chi connectivity index (χ0n) is 28.3. The summed E-state index contributed by atoms with van der Waals surface area (Å²) in [4.78, 5) is 74.8. The number of amides is 4. The predicted octanol–water partition coefficient (Wildman–Crippen LogP) is 4.28. The van der Waals surface area contributed by atoms with Gasteiger partial charge in [0.05, 0.1) is 18.3 Å². The minimum absolute atomic E-state index is 0.00815. The summed E-state index contributed by atoms with van der Waals surface area (Å²) in [6.07, 6.45) is 1.97. The molecule has 12 nitrogen and oxygen atoms in total. The summed E-state index contributed by atoms with van der Waals surface area (Å²) in [5.41, 5.74) is 0.298. The number of likely N-dealkylation sites (tertiary alicyclic amines) is 1. The van der Waals surface area contributed by atoms with Crippen LogP contribution in [0.1, 0.15) is 77.3 Å². The second kappa shape index (κ2) is 15.0. The van der Waals surface area contributed by atoms with Gasteiger partial charge in [0.15, 0.2) is 5.60 Å². The molecule has 262 valence electrons. The largest absolute Gasteiger partial charge is 0.445 e. The van der Waals surface area contributed by atoms with Gasteiger partial charge < -0.3 is 30.4 Å². The first kappa shape index (κ1) is 35.8. The van der Waals surface area contributed by atoms with Crippen molar-refractivity contribution in [2.24, 2.45) is 10.6 Å². The van der Waals surface area contributed by atoms with Crippen molar-refractivity contribution in [3.63, 3.8) is 0 Å². The fraction of sp³-hybridized carbons (Fsp3) is 0.500. The zero-order valence-corrected chi connectivity index (χ0v) is 29.0. The van der Waals surface area contributed by atoms with Gasteiger partial charge in [-0.3, -0.25) is 19.2 Å². The van der Waals surface area contributed by atoms with Crippen molar-refractivity contribution in [2.75, 3.05) is 6.54 Å². The van der Waals surface area contributed by atoms with Crippen molar-refractivity contribution in [1.82, 2.24) is 20.9 Å². The van der Waals surface area contributed by atoms with E-state index in [4.69, 9.17) is 21.2 Å². The highest BCUT2D eigenvalue weighted by molar-refractivity contribution is 6.38. The Balaban J connectivity index is 1.38. The molecule has 4 amide bonds. The van der Waals surface area contributed by atoms with E-state index in [2.05, 4.69) is 21.1 Å². The van der Waals surface area contributed by atoms with Gasteiger partial charge in [0.2, 0.25) is 17.6 Å². The van der Waals surface area contributed by atoms with Gasteiger partial charge in [-0.05, 0) is 42.4 Å². The normalized spacial score (nSPS) is 21.3. The lowest BCUT2D eigenvalue weighted by atomic mass is 9.85. The van der Waals surface area contributed by atoms with Gasteiger partial charge >= 0.3 is 6.09 Å². The maximum atomic E-state index is 14.5. The van der Waals surface area contributed by atoms with Crippen LogP contribution >= 0.6 is 11.6 Å². The van der Waals surface area contributed by atoms with Gasteiger partial charge in [-0.1, -0.05) is 93.3 Å². The molecule has 5 rings (SSSR count). The van der Waals surface area contributed by atoms with Crippen LogP contribution in [0.4, 0.5) is 4.79 Å². The Kier molecular flexibility index (Phi) is 11.0. The van der Waals surface area contributed by atoms with E-state index in [1.54, 1.807) is 39.0 Å². The van der Waals surface area contributed by atoms with Crippen molar-refractivity contribution in [3.05, 3.63) is 70.7 Å². The number of benzene rings is 2. The van der Waals surface area contributed by atoms with Crippen LogP contribution < -0.4 is 16.0 Å². The molecular formula is C36H44ClN5O7. The third-order valence-electron chi connectivity index (χ3n) is 8.92. The van der Waals surface area contributed by atoms with Gasteiger partial charge in [-0.25, -0.2) is 4.79 Å². The van der Waals surface area contributed by atoms with E-state index >= 15 is 0 Å². The summed E-state index contributed by atoms with van der Waals surface area (Å²) in [6, 6.07) is 13.0. The first-order valence-corrected chi connectivity index (χ1v) is 17.1. The quantitative estimate of drug-likeness (QED) is 0.280. The summed E-state index contributed by atoms with van der Waals surface area (Å²) in [6.45, 7) is 7.25. The lowest BCUT2D eigenvalue weighted by Gasteiger charge is -2.35. The maximum Gasteiger partial charge on any atom is 0.408 e. The molecule has 2 fully saturated rings. The molecule has 3 N–H and O–H groups in total. The van der Waals surface area contributed by atoms with Crippen molar-refractivity contribution in [3.8, 4) is 0 Å². The number of hydrogen-bond donors (Lipinski definition) is 3. The Morgan fingerprint density at radius 3 is 2.45 bits per heavy atom. The second-order valence-electron chi connectivity index (χ2n) is 14.2. The van der Waals surface area contributed by atoms with E-state index in [0.717, 1.165) is 24.0 Å². The number of rotatable bonds is 12. The summed E-state index contributed by atoms with van der Waals surface area (Å²) in [5.74, 6) is -2.59. The van der Waals surface area contributed by atoms with E-state index in [9.17, 15) is 24.0 Å². The number of Topliss-reactive ketones (excluding diaryl/α,β-unsaturated/α-hetero) is 1. The minimum atomic E-state index is -1.09. The maximum absolute atomic E-state index is 14.5. The Hall–Kier alpha value is -4.45. The van der Waals surface area contributed by atoms with Crippen LogP contribution in [0.2, 0.25) is 5.02 Å². The first-order valence-electron chi connectivity index (χ1n) is 16.7. The fourth-order valence-electron chi connectivity index (χ4n) is 6.12. The molecule has 0 bridgehead atoms. The number of hydrogen-bond acceptors (Lipinski definition) is 8. The monoisotopic (exact) mass is 693 g/mol. The molecule has 49 heavy (non-hydrogen) atoms. The molecule has 0 aromatic heterocycles. The molecule has 13 heteroatoms. The molecular weight excluding hydrogens is 650 g/mol. The van der Waals surface area contributed by atoms with Crippen LogP contribution in [0.5, 0.6) is 0 Å². The number of nitrogens with one attached hydrogen (secondary N) is 3. The summed E-state index contributed by atoms with van der Waals surface area (Å²) in [5, 5.41) is 13.0. The molecule has 1 saturated heterocycles. The number of alkyl carbamates (subject to hydrolysis) is 1. The third-order valence-corrected chi connectivity index (χ3v) is 9.15. The number of carbonyl (C=O) groups excluding carboxylic acids is 5. The number of nitrogens with zero attached hydrogens (tertiary/aromatic N) is 2. The fourth-order valence-corrected chi connectivity index (χ4v) is 6.31. The molecule has 3 aliphatic rings. The average molecular weight is 694 g/mol. The molecule has 1 aliphatic carbocycles. The van der Waals surface area contributed by atoms with E-state index in [1.165, 1.54) is 4.90 Å². The number of carbonyl (C=O) groups is 5. The highest BCUT2D eigenvalue weighted by atomic mass is 35.5. The van der Waals surface area contributed by atoms with E-state index in [1.807, 2.05) is 43.3 Å². The molecule has 0 unspecified atom stereocenters. The van der Waals surface area contributed by atoms with Crippen LogP contribution in [0.25, 0.3) is 0 Å². The Morgan fingerprint density at radius 1 is 1.06 bits per heavy atom. The van der Waals surface area contributed by atoms with Crippen molar-refractivity contribution in [1.29, 1.82) is 0 Å². The topological polar surface area (TPSA) is 156 Å². The smallest absolute Gasteiger partial charge is 0.408 e. The summed E-state index contributed by atoms with van der Waals surface area (Å²) < 4.78 is 5.44. The van der Waals surface area contributed by atoms with Gasteiger partial charge in [-0.15, -0.1) is 0 Å². The minimum Gasteiger partial charge on any atom is -0.445 e. The van der Waals surface area contributed by atoms with E-state index in [-0.39, 0.29) is 38.5 Å². The number of ether oxygens (including phenoxy) is 1. The average Bonchev–Trinajstić information content (AvgIpc) is 3.66.